The third-order valence-corrected chi connectivity index (χ3v) is 4.05. The Balaban J connectivity index is 2.01. The van der Waals surface area contributed by atoms with E-state index in [9.17, 15) is 9.90 Å². The van der Waals surface area contributed by atoms with Crippen LogP contribution in [-0.2, 0) is 4.79 Å². The Labute approximate surface area is 91.4 Å². The summed E-state index contributed by atoms with van der Waals surface area (Å²) in [5.74, 6) is 0.0494. The smallest absolute Gasteiger partial charge is 0.309 e. The van der Waals surface area contributed by atoms with Crippen LogP contribution in [-0.4, -0.2) is 11.1 Å². The van der Waals surface area contributed by atoms with Crippen LogP contribution in [0.4, 0.5) is 0 Å². The Bertz CT molecular complexity index is 254. The molecule has 84 valence electrons. The Morgan fingerprint density at radius 1 is 1.20 bits per heavy atom. The van der Waals surface area contributed by atoms with Gasteiger partial charge in [0.25, 0.3) is 0 Å². The first-order valence-corrected chi connectivity index (χ1v) is 6.11. The van der Waals surface area contributed by atoms with Crippen LogP contribution in [0.25, 0.3) is 0 Å². The summed E-state index contributed by atoms with van der Waals surface area (Å²) in [6.45, 7) is 0. The van der Waals surface area contributed by atoms with Gasteiger partial charge in [-0.05, 0) is 38.0 Å². The molecule has 0 unspecified atom stereocenters. The second kappa shape index (κ2) is 4.38. The molecule has 2 aliphatic rings. The van der Waals surface area contributed by atoms with Crippen LogP contribution in [0.5, 0.6) is 0 Å². The van der Waals surface area contributed by atoms with Gasteiger partial charge in [0.2, 0.25) is 0 Å². The molecule has 0 aromatic carbocycles. The average molecular weight is 208 g/mol. The third-order valence-electron chi connectivity index (χ3n) is 4.05. The summed E-state index contributed by atoms with van der Waals surface area (Å²) in [6, 6.07) is 0. The summed E-state index contributed by atoms with van der Waals surface area (Å²) in [6.07, 6.45) is 12.7. The molecule has 0 aliphatic heterocycles. The van der Waals surface area contributed by atoms with E-state index in [0.29, 0.717) is 5.92 Å². The molecule has 2 heteroatoms. The number of carboxylic acid groups (broad SMARTS) is 1. The lowest BCUT2D eigenvalue weighted by molar-refractivity contribution is -0.152. The van der Waals surface area contributed by atoms with Crippen LogP contribution in [0.2, 0.25) is 0 Å². The molecule has 15 heavy (non-hydrogen) atoms. The van der Waals surface area contributed by atoms with Crippen LogP contribution in [0.15, 0.2) is 12.2 Å². The molecule has 1 N–H and O–H groups in total. The number of carbonyl (C=O) groups is 1. The van der Waals surface area contributed by atoms with Crippen molar-refractivity contribution >= 4 is 5.97 Å². The van der Waals surface area contributed by atoms with Gasteiger partial charge >= 0.3 is 5.97 Å². The van der Waals surface area contributed by atoms with E-state index in [1.54, 1.807) is 0 Å². The Hall–Kier alpha value is -0.790. The first-order valence-electron chi connectivity index (χ1n) is 6.11. The second-order valence-corrected chi connectivity index (χ2v) is 5.16. The van der Waals surface area contributed by atoms with Crippen LogP contribution < -0.4 is 0 Å². The largest absolute Gasteiger partial charge is 0.481 e. The van der Waals surface area contributed by atoms with E-state index in [2.05, 4.69) is 12.2 Å². The van der Waals surface area contributed by atoms with Gasteiger partial charge in [0.05, 0.1) is 5.41 Å². The number of hydrogen-bond donors (Lipinski definition) is 1. The van der Waals surface area contributed by atoms with Gasteiger partial charge in [-0.3, -0.25) is 4.79 Å². The summed E-state index contributed by atoms with van der Waals surface area (Å²) in [5.41, 5.74) is -0.380. The van der Waals surface area contributed by atoms with E-state index >= 15 is 0 Å². The van der Waals surface area contributed by atoms with Crippen molar-refractivity contribution < 1.29 is 9.90 Å². The molecule has 0 atom stereocenters. The highest BCUT2D eigenvalue weighted by molar-refractivity contribution is 5.74. The van der Waals surface area contributed by atoms with E-state index in [1.165, 1.54) is 6.42 Å². The monoisotopic (exact) mass is 208 g/mol. The molecule has 0 bridgehead atoms. The highest BCUT2D eigenvalue weighted by Crippen LogP contribution is 2.44. The molecule has 2 rings (SSSR count). The number of hydrogen-bond acceptors (Lipinski definition) is 1. The van der Waals surface area contributed by atoms with Crippen molar-refractivity contribution in [3.8, 4) is 0 Å². The average Bonchev–Trinajstić information content (AvgIpc) is 2.71. The number of aliphatic carboxylic acids is 1. The van der Waals surface area contributed by atoms with Crippen molar-refractivity contribution in [1.82, 2.24) is 0 Å². The van der Waals surface area contributed by atoms with E-state index in [-0.39, 0.29) is 5.41 Å². The van der Waals surface area contributed by atoms with Gasteiger partial charge in [0.1, 0.15) is 0 Å². The minimum absolute atomic E-state index is 0.380. The lowest BCUT2D eigenvalue weighted by Gasteiger charge is -2.35. The van der Waals surface area contributed by atoms with Crippen LogP contribution in [0, 0.1) is 11.3 Å². The maximum absolute atomic E-state index is 11.4. The lowest BCUT2D eigenvalue weighted by Crippen LogP contribution is -2.35. The van der Waals surface area contributed by atoms with Crippen LogP contribution in [0.3, 0.4) is 0 Å². The minimum Gasteiger partial charge on any atom is -0.481 e. The van der Waals surface area contributed by atoms with E-state index in [1.807, 2.05) is 0 Å². The number of allylic oxidation sites excluding steroid dienone is 2. The zero-order valence-electron chi connectivity index (χ0n) is 9.24. The fourth-order valence-corrected chi connectivity index (χ4v) is 3.13. The van der Waals surface area contributed by atoms with Crippen LogP contribution in [0.1, 0.15) is 51.4 Å². The molecule has 0 amide bonds. The molecule has 2 aliphatic carbocycles. The van der Waals surface area contributed by atoms with Gasteiger partial charge < -0.3 is 5.11 Å². The van der Waals surface area contributed by atoms with Gasteiger partial charge in [0.15, 0.2) is 0 Å². The van der Waals surface area contributed by atoms with Crippen molar-refractivity contribution in [2.75, 3.05) is 0 Å². The third kappa shape index (κ3) is 2.24. The normalized spacial score (nSPS) is 25.6. The van der Waals surface area contributed by atoms with Crippen molar-refractivity contribution in [3.05, 3.63) is 12.2 Å². The second-order valence-electron chi connectivity index (χ2n) is 5.16. The van der Waals surface area contributed by atoms with Gasteiger partial charge in [-0.2, -0.15) is 0 Å². The summed E-state index contributed by atoms with van der Waals surface area (Å²) >= 11 is 0. The molecule has 1 saturated carbocycles. The molecule has 0 spiro atoms. The van der Waals surface area contributed by atoms with Gasteiger partial charge in [0, 0.05) is 0 Å². The lowest BCUT2D eigenvalue weighted by atomic mass is 9.68. The quantitative estimate of drug-likeness (QED) is 0.722. The van der Waals surface area contributed by atoms with Crippen LogP contribution >= 0.6 is 0 Å². The predicted molar refractivity (Wildman–Crippen MR) is 59.6 cm³/mol. The van der Waals surface area contributed by atoms with Gasteiger partial charge in [-0.1, -0.05) is 31.4 Å². The predicted octanol–water partition coefficient (Wildman–Crippen LogP) is 3.38. The highest BCUT2D eigenvalue weighted by Gasteiger charge is 2.41. The standard InChI is InChI=1S/C13H20O2/c14-12(15)13(8-4-1-5-9-13)10-11-6-2-3-7-11/h2-3,11H,1,4-10H2,(H,14,15). The maximum atomic E-state index is 11.4. The molecule has 2 nitrogen and oxygen atoms in total. The van der Waals surface area contributed by atoms with E-state index < -0.39 is 5.97 Å². The first-order chi connectivity index (χ1) is 7.23. The molecule has 0 saturated heterocycles. The van der Waals surface area contributed by atoms with Crippen molar-refractivity contribution in [2.45, 2.75) is 51.4 Å². The fraction of sp³-hybridized carbons (Fsp3) is 0.769. The molecule has 0 aromatic heterocycles. The zero-order valence-corrected chi connectivity index (χ0v) is 9.24. The first kappa shape index (κ1) is 10.7. The number of carboxylic acids is 1. The summed E-state index contributed by atoms with van der Waals surface area (Å²) < 4.78 is 0. The fourth-order valence-electron chi connectivity index (χ4n) is 3.13. The Kier molecular flexibility index (Phi) is 3.13. The van der Waals surface area contributed by atoms with Crippen molar-refractivity contribution in [1.29, 1.82) is 0 Å². The Morgan fingerprint density at radius 2 is 1.80 bits per heavy atom. The minimum atomic E-state index is -0.547. The van der Waals surface area contributed by atoms with Gasteiger partial charge in [-0.15, -0.1) is 0 Å². The van der Waals surface area contributed by atoms with Gasteiger partial charge in [-0.25, -0.2) is 0 Å². The van der Waals surface area contributed by atoms with Crippen molar-refractivity contribution in [3.63, 3.8) is 0 Å². The molecule has 0 radical (unpaired) electrons. The molecule has 1 fully saturated rings. The Morgan fingerprint density at radius 3 is 2.33 bits per heavy atom. The topological polar surface area (TPSA) is 37.3 Å². The summed E-state index contributed by atoms with van der Waals surface area (Å²) in [7, 11) is 0. The van der Waals surface area contributed by atoms with E-state index in [4.69, 9.17) is 0 Å². The van der Waals surface area contributed by atoms with E-state index in [0.717, 1.165) is 44.9 Å². The molecular formula is C13H20O2. The zero-order chi connectivity index (χ0) is 10.7. The summed E-state index contributed by atoms with van der Waals surface area (Å²) in [5, 5.41) is 9.43. The SMILES string of the molecule is O=C(O)C1(CC2CC=CC2)CCCCC1. The highest BCUT2D eigenvalue weighted by atomic mass is 16.4. The molecule has 0 aromatic rings. The summed E-state index contributed by atoms with van der Waals surface area (Å²) in [4.78, 5) is 11.4. The number of rotatable bonds is 3. The van der Waals surface area contributed by atoms with Crippen molar-refractivity contribution in [2.24, 2.45) is 11.3 Å². The molecular weight excluding hydrogens is 188 g/mol. The molecule has 0 heterocycles. The maximum Gasteiger partial charge on any atom is 0.309 e.